The van der Waals surface area contributed by atoms with E-state index >= 15 is 0 Å². The summed E-state index contributed by atoms with van der Waals surface area (Å²) in [5, 5.41) is 2.28. The Morgan fingerprint density at radius 2 is 0.846 bits per heavy atom. The summed E-state index contributed by atoms with van der Waals surface area (Å²) in [6.07, 6.45) is 0. The van der Waals surface area contributed by atoms with Crippen LogP contribution in [0.5, 0.6) is 11.5 Å². The van der Waals surface area contributed by atoms with Gasteiger partial charge >= 0.3 is 0 Å². The van der Waals surface area contributed by atoms with Crippen LogP contribution in [-0.2, 0) is 13.2 Å². The van der Waals surface area contributed by atoms with Crippen molar-refractivity contribution in [2.45, 2.75) is 13.2 Å². The molecular weight excluding hydrogens is 320 g/mol. The highest BCUT2D eigenvalue weighted by atomic mass is 16.5. The van der Waals surface area contributed by atoms with Crippen molar-refractivity contribution in [1.29, 1.82) is 0 Å². The Kier molecular flexibility index (Phi) is 4.83. The summed E-state index contributed by atoms with van der Waals surface area (Å²) in [5.74, 6) is 1.53. The van der Waals surface area contributed by atoms with E-state index in [9.17, 15) is 0 Å². The smallest absolute Gasteiger partial charge is 0.162 e. The van der Waals surface area contributed by atoms with Gasteiger partial charge in [0.2, 0.25) is 0 Å². The SMILES string of the molecule is c1ccc(COc2cc3ccccc3cc2OCc2ccccc2)cc1. The lowest BCUT2D eigenvalue weighted by molar-refractivity contribution is 0.256. The molecular formula is C24H20O2. The molecule has 0 amide bonds. The van der Waals surface area contributed by atoms with Gasteiger partial charge in [-0.25, -0.2) is 0 Å². The topological polar surface area (TPSA) is 18.5 Å². The van der Waals surface area contributed by atoms with Gasteiger partial charge in [-0.05, 0) is 34.0 Å². The molecule has 4 rings (SSSR count). The van der Waals surface area contributed by atoms with Gasteiger partial charge in [0, 0.05) is 0 Å². The molecule has 0 heterocycles. The Bertz CT molecular complexity index is 897. The van der Waals surface area contributed by atoms with Gasteiger partial charge in [0.25, 0.3) is 0 Å². The highest BCUT2D eigenvalue weighted by Crippen LogP contribution is 2.33. The van der Waals surface area contributed by atoms with Crippen LogP contribution in [0.2, 0.25) is 0 Å². The Hall–Kier alpha value is -3.26. The maximum atomic E-state index is 6.09. The Morgan fingerprint density at radius 3 is 1.27 bits per heavy atom. The lowest BCUT2D eigenvalue weighted by Gasteiger charge is -2.14. The van der Waals surface area contributed by atoms with Crippen molar-refractivity contribution in [3.05, 3.63) is 108 Å². The number of benzene rings is 4. The average molecular weight is 340 g/mol. The van der Waals surface area contributed by atoms with Crippen LogP contribution in [-0.4, -0.2) is 0 Å². The number of hydrogen-bond acceptors (Lipinski definition) is 2. The molecule has 0 aliphatic heterocycles. The number of ether oxygens (including phenoxy) is 2. The van der Waals surface area contributed by atoms with Crippen molar-refractivity contribution in [2.75, 3.05) is 0 Å². The number of rotatable bonds is 6. The molecule has 4 aromatic carbocycles. The van der Waals surface area contributed by atoms with Crippen LogP contribution in [0.1, 0.15) is 11.1 Å². The molecule has 0 unspecified atom stereocenters. The molecule has 128 valence electrons. The van der Waals surface area contributed by atoms with Crippen LogP contribution < -0.4 is 9.47 Å². The van der Waals surface area contributed by atoms with E-state index in [1.807, 2.05) is 48.5 Å². The minimum absolute atomic E-state index is 0.515. The maximum Gasteiger partial charge on any atom is 0.162 e. The average Bonchev–Trinajstić information content (AvgIpc) is 2.72. The fourth-order valence-electron chi connectivity index (χ4n) is 2.89. The third-order valence-electron chi connectivity index (χ3n) is 4.29. The van der Waals surface area contributed by atoms with E-state index in [4.69, 9.17) is 9.47 Å². The lowest BCUT2D eigenvalue weighted by Crippen LogP contribution is -2.00. The number of fused-ring (bicyclic) bond motifs is 1. The van der Waals surface area contributed by atoms with Gasteiger partial charge in [0.1, 0.15) is 13.2 Å². The van der Waals surface area contributed by atoms with Gasteiger partial charge < -0.3 is 9.47 Å². The van der Waals surface area contributed by atoms with Gasteiger partial charge in [-0.1, -0.05) is 84.9 Å². The largest absolute Gasteiger partial charge is 0.485 e. The molecule has 4 aromatic rings. The first-order valence-electron chi connectivity index (χ1n) is 8.75. The summed E-state index contributed by atoms with van der Waals surface area (Å²) in [6.45, 7) is 1.03. The predicted molar refractivity (Wildman–Crippen MR) is 105 cm³/mol. The van der Waals surface area contributed by atoms with Crippen LogP contribution in [0.4, 0.5) is 0 Å². The van der Waals surface area contributed by atoms with Crippen molar-refractivity contribution in [3.8, 4) is 11.5 Å². The van der Waals surface area contributed by atoms with Crippen molar-refractivity contribution < 1.29 is 9.47 Å². The second-order valence-electron chi connectivity index (χ2n) is 6.19. The van der Waals surface area contributed by atoms with Gasteiger partial charge in [0.15, 0.2) is 11.5 Å². The fraction of sp³-hybridized carbons (Fsp3) is 0.0833. The molecule has 0 aliphatic rings. The summed E-state index contributed by atoms with van der Waals surface area (Å²) in [7, 11) is 0. The Morgan fingerprint density at radius 1 is 0.462 bits per heavy atom. The minimum Gasteiger partial charge on any atom is -0.485 e. The third-order valence-corrected chi connectivity index (χ3v) is 4.29. The summed E-state index contributed by atoms with van der Waals surface area (Å²) in [4.78, 5) is 0. The summed E-state index contributed by atoms with van der Waals surface area (Å²) in [5.41, 5.74) is 2.27. The Labute approximate surface area is 153 Å². The van der Waals surface area contributed by atoms with Crippen LogP contribution in [0.25, 0.3) is 10.8 Å². The molecule has 0 fully saturated rings. The lowest BCUT2D eigenvalue weighted by atomic mass is 10.1. The van der Waals surface area contributed by atoms with Gasteiger partial charge in [-0.15, -0.1) is 0 Å². The van der Waals surface area contributed by atoms with Crippen LogP contribution >= 0.6 is 0 Å². The van der Waals surface area contributed by atoms with E-state index in [-0.39, 0.29) is 0 Å². The second kappa shape index (κ2) is 7.75. The molecule has 0 bridgehead atoms. The third kappa shape index (κ3) is 3.86. The summed E-state index contributed by atoms with van der Waals surface area (Å²) < 4.78 is 12.2. The summed E-state index contributed by atoms with van der Waals surface area (Å²) >= 11 is 0. The molecule has 0 aliphatic carbocycles. The van der Waals surface area contributed by atoms with Crippen molar-refractivity contribution in [2.24, 2.45) is 0 Å². The quantitative estimate of drug-likeness (QED) is 0.429. The molecule has 0 N–H and O–H groups in total. The second-order valence-corrected chi connectivity index (χ2v) is 6.19. The molecule has 2 heteroatoms. The van der Waals surface area contributed by atoms with Crippen molar-refractivity contribution in [1.82, 2.24) is 0 Å². The van der Waals surface area contributed by atoms with E-state index in [1.54, 1.807) is 0 Å². The first kappa shape index (κ1) is 16.2. The minimum atomic E-state index is 0.515. The molecule has 2 nitrogen and oxygen atoms in total. The van der Waals surface area contributed by atoms with E-state index in [0.717, 1.165) is 33.4 Å². The zero-order chi connectivity index (χ0) is 17.6. The molecule has 0 atom stereocenters. The Balaban J connectivity index is 1.60. The molecule has 0 spiro atoms. The van der Waals surface area contributed by atoms with Gasteiger partial charge in [-0.2, -0.15) is 0 Å². The van der Waals surface area contributed by atoms with Gasteiger partial charge in [0.05, 0.1) is 0 Å². The molecule has 0 aromatic heterocycles. The first-order chi connectivity index (χ1) is 12.9. The maximum absolute atomic E-state index is 6.09. The fourth-order valence-corrected chi connectivity index (χ4v) is 2.89. The molecule has 26 heavy (non-hydrogen) atoms. The van der Waals surface area contributed by atoms with E-state index < -0.39 is 0 Å². The van der Waals surface area contributed by atoms with E-state index in [2.05, 4.69) is 48.5 Å². The van der Waals surface area contributed by atoms with E-state index in [1.165, 1.54) is 0 Å². The predicted octanol–water partition coefficient (Wildman–Crippen LogP) is 6.00. The monoisotopic (exact) mass is 340 g/mol. The zero-order valence-electron chi connectivity index (χ0n) is 14.5. The van der Waals surface area contributed by atoms with Gasteiger partial charge in [-0.3, -0.25) is 0 Å². The molecule has 0 radical (unpaired) electrons. The normalized spacial score (nSPS) is 10.6. The number of hydrogen-bond donors (Lipinski definition) is 0. The van der Waals surface area contributed by atoms with Crippen molar-refractivity contribution in [3.63, 3.8) is 0 Å². The highest BCUT2D eigenvalue weighted by Gasteiger charge is 2.09. The molecule has 0 saturated heterocycles. The standard InChI is InChI=1S/C24H20O2/c1-3-9-19(10-4-1)17-25-23-15-21-13-7-8-14-22(21)16-24(23)26-18-20-11-5-2-6-12-20/h1-16H,17-18H2. The van der Waals surface area contributed by atoms with Crippen LogP contribution in [0.15, 0.2) is 97.1 Å². The van der Waals surface area contributed by atoms with Crippen LogP contribution in [0, 0.1) is 0 Å². The zero-order valence-corrected chi connectivity index (χ0v) is 14.5. The van der Waals surface area contributed by atoms with Crippen molar-refractivity contribution >= 4 is 10.8 Å². The first-order valence-corrected chi connectivity index (χ1v) is 8.75. The van der Waals surface area contributed by atoms with Crippen LogP contribution in [0.3, 0.4) is 0 Å². The molecule has 0 saturated carbocycles. The highest BCUT2D eigenvalue weighted by molar-refractivity contribution is 5.86. The summed E-state index contributed by atoms with van der Waals surface area (Å²) in [6, 6.07) is 32.7. The van der Waals surface area contributed by atoms with E-state index in [0.29, 0.717) is 13.2 Å².